The lowest BCUT2D eigenvalue weighted by Gasteiger charge is -2.30. The van der Waals surface area contributed by atoms with E-state index < -0.39 is 0 Å². The van der Waals surface area contributed by atoms with E-state index in [-0.39, 0.29) is 0 Å². The third-order valence-corrected chi connectivity index (χ3v) is 6.11. The Hall–Kier alpha value is -1.66. The predicted octanol–water partition coefficient (Wildman–Crippen LogP) is 3.34. The summed E-state index contributed by atoms with van der Waals surface area (Å²) in [5.41, 5.74) is 0. The maximum absolute atomic E-state index is 5.95. The Morgan fingerprint density at radius 1 is 0.963 bits per heavy atom. The highest BCUT2D eigenvalue weighted by atomic mass is 16.3. The van der Waals surface area contributed by atoms with Gasteiger partial charge in [-0.1, -0.05) is 6.92 Å². The fourth-order valence-electron chi connectivity index (χ4n) is 4.47. The quantitative estimate of drug-likeness (QED) is 0.747. The molecule has 2 aliphatic heterocycles. The molecule has 4 heterocycles. The molecule has 4 rings (SSSR count). The van der Waals surface area contributed by atoms with Crippen LogP contribution >= 0.6 is 0 Å². The average Bonchev–Trinajstić information content (AvgIpc) is 3.41. The topological polar surface area (TPSA) is 50.3 Å². The van der Waals surface area contributed by atoms with Crippen LogP contribution in [0.2, 0.25) is 0 Å². The smallest absolute Gasteiger partial charge is 0.146 e. The second-order valence-corrected chi connectivity index (χ2v) is 8.19. The fraction of sp³-hybridized carbons (Fsp3) is 0.714. The largest absolute Gasteiger partial charge is 0.465 e. The van der Waals surface area contributed by atoms with Gasteiger partial charge in [-0.25, -0.2) is 0 Å². The van der Waals surface area contributed by atoms with Crippen molar-refractivity contribution in [1.29, 1.82) is 0 Å². The summed E-state index contributed by atoms with van der Waals surface area (Å²) in [6, 6.07) is 4.28. The molecular weight excluding hydrogens is 338 g/mol. The van der Waals surface area contributed by atoms with Crippen LogP contribution in [0.25, 0.3) is 0 Å². The van der Waals surface area contributed by atoms with Crippen LogP contribution in [0, 0.1) is 0 Å². The van der Waals surface area contributed by atoms with Crippen molar-refractivity contribution < 1.29 is 4.42 Å². The maximum atomic E-state index is 5.95. The zero-order valence-electron chi connectivity index (χ0n) is 16.9. The molecule has 27 heavy (non-hydrogen) atoms. The normalized spacial score (nSPS) is 19.9. The van der Waals surface area contributed by atoms with Gasteiger partial charge in [-0.05, 0) is 70.4 Å². The van der Waals surface area contributed by atoms with E-state index in [2.05, 4.69) is 50.7 Å². The van der Waals surface area contributed by atoms with Gasteiger partial charge in [0.1, 0.15) is 23.2 Å². The SMILES string of the molecule is CCCc1ccc(CN2CCC(c3nnc(CN4CCCC4)n3C)CC2)o1. The molecule has 0 amide bonds. The molecule has 2 saturated heterocycles. The number of hydrogen-bond donors (Lipinski definition) is 0. The van der Waals surface area contributed by atoms with Crippen molar-refractivity contribution in [1.82, 2.24) is 24.6 Å². The van der Waals surface area contributed by atoms with Gasteiger partial charge < -0.3 is 8.98 Å². The van der Waals surface area contributed by atoms with Crippen LogP contribution in [0.1, 0.15) is 68.1 Å². The van der Waals surface area contributed by atoms with E-state index in [1.54, 1.807) is 0 Å². The van der Waals surface area contributed by atoms with Crippen molar-refractivity contribution in [2.75, 3.05) is 26.2 Å². The van der Waals surface area contributed by atoms with Crippen LogP contribution in [0.4, 0.5) is 0 Å². The molecule has 0 N–H and O–H groups in total. The Labute approximate surface area is 162 Å². The van der Waals surface area contributed by atoms with Gasteiger partial charge in [-0.3, -0.25) is 9.80 Å². The van der Waals surface area contributed by atoms with Crippen LogP contribution in [0.15, 0.2) is 16.5 Å². The van der Waals surface area contributed by atoms with Crippen LogP contribution in [0.5, 0.6) is 0 Å². The summed E-state index contributed by atoms with van der Waals surface area (Å²) in [4.78, 5) is 5.00. The van der Waals surface area contributed by atoms with Crippen LogP contribution in [-0.2, 0) is 26.6 Å². The predicted molar refractivity (Wildman–Crippen MR) is 105 cm³/mol. The maximum Gasteiger partial charge on any atom is 0.146 e. The number of furan rings is 1. The third-order valence-electron chi connectivity index (χ3n) is 6.11. The average molecular weight is 372 g/mol. The fourth-order valence-corrected chi connectivity index (χ4v) is 4.47. The van der Waals surface area contributed by atoms with Crippen molar-refractivity contribution in [3.63, 3.8) is 0 Å². The van der Waals surface area contributed by atoms with E-state index in [0.29, 0.717) is 5.92 Å². The molecule has 0 saturated carbocycles. The number of aromatic nitrogens is 3. The Morgan fingerprint density at radius 2 is 1.67 bits per heavy atom. The van der Waals surface area contributed by atoms with Gasteiger partial charge in [0, 0.05) is 19.4 Å². The minimum atomic E-state index is 0.526. The lowest BCUT2D eigenvalue weighted by Crippen LogP contribution is -2.33. The second kappa shape index (κ2) is 8.57. The lowest BCUT2D eigenvalue weighted by molar-refractivity contribution is 0.186. The first kappa shape index (κ1) is 18.7. The Morgan fingerprint density at radius 3 is 2.41 bits per heavy atom. The van der Waals surface area contributed by atoms with E-state index in [1.807, 2.05) is 0 Å². The first-order valence-electron chi connectivity index (χ1n) is 10.6. The Bertz CT molecular complexity index is 723. The highest BCUT2D eigenvalue weighted by Gasteiger charge is 2.26. The van der Waals surface area contributed by atoms with E-state index in [0.717, 1.165) is 69.2 Å². The van der Waals surface area contributed by atoms with Gasteiger partial charge in [0.25, 0.3) is 0 Å². The standard InChI is InChI=1S/C21H33N5O/c1-3-6-18-7-8-19(27-18)15-26-13-9-17(10-14-26)21-23-22-20(24(21)2)16-25-11-4-5-12-25/h7-8,17H,3-6,9-16H2,1-2H3. The lowest BCUT2D eigenvalue weighted by atomic mass is 9.96. The molecule has 0 aliphatic carbocycles. The molecule has 0 aromatic carbocycles. The Balaban J connectivity index is 1.30. The number of likely N-dealkylation sites (tertiary alicyclic amines) is 2. The molecule has 2 aromatic rings. The minimum Gasteiger partial charge on any atom is -0.465 e. The number of hydrogen-bond acceptors (Lipinski definition) is 5. The van der Waals surface area contributed by atoms with Crippen LogP contribution in [-0.4, -0.2) is 50.7 Å². The minimum absolute atomic E-state index is 0.526. The molecule has 0 radical (unpaired) electrons. The van der Waals surface area contributed by atoms with Crippen molar-refractivity contribution in [3.05, 3.63) is 35.3 Å². The van der Waals surface area contributed by atoms with E-state index in [4.69, 9.17) is 4.42 Å². The molecule has 2 fully saturated rings. The number of piperidine rings is 1. The molecule has 2 aliphatic rings. The zero-order valence-corrected chi connectivity index (χ0v) is 16.9. The summed E-state index contributed by atoms with van der Waals surface area (Å²) in [6.45, 7) is 8.67. The summed E-state index contributed by atoms with van der Waals surface area (Å²) in [5, 5.41) is 9.07. The summed E-state index contributed by atoms with van der Waals surface area (Å²) >= 11 is 0. The monoisotopic (exact) mass is 371 g/mol. The first-order valence-corrected chi connectivity index (χ1v) is 10.6. The molecule has 0 bridgehead atoms. The molecule has 148 valence electrons. The Kier molecular flexibility index (Phi) is 5.93. The summed E-state index contributed by atoms with van der Waals surface area (Å²) in [7, 11) is 2.14. The van der Waals surface area contributed by atoms with E-state index >= 15 is 0 Å². The van der Waals surface area contributed by atoms with Gasteiger partial charge in [-0.15, -0.1) is 10.2 Å². The summed E-state index contributed by atoms with van der Waals surface area (Å²) in [5.74, 6) is 5.04. The van der Waals surface area contributed by atoms with Crippen molar-refractivity contribution in [2.24, 2.45) is 7.05 Å². The molecular formula is C21H33N5O. The molecule has 0 atom stereocenters. The number of nitrogens with zero attached hydrogens (tertiary/aromatic N) is 5. The van der Waals surface area contributed by atoms with Gasteiger partial charge in [0.05, 0.1) is 13.1 Å². The first-order chi connectivity index (χ1) is 13.2. The summed E-state index contributed by atoms with van der Waals surface area (Å²) in [6.07, 6.45) is 7.11. The van der Waals surface area contributed by atoms with E-state index in [9.17, 15) is 0 Å². The molecule has 0 unspecified atom stereocenters. The van der Waals surface area contributed by atoms with Crippen LogP contribution in [0.3, 0.4) is 0 Å². The zero-order chi connectivity index (χ0) is 18.6. The van der Waals surface area contributed by atoms with Gasteiger partial charge in [0.15, 0.2) is 0 Å². The number of rotatable bonds is 7. The number of aryl methyl sites for hydroxylation is 1. The highest BCUT2D eigenvalue weighted by Crippen LogP contribution is 2.28. The summed E-state index contributed by atoms with van der Waals surface area (Å²) < 4.78 is 8.20. The molecule has 6 heteroatoms. The molecule has 2 aromatic heterocycles. The van der Waals surface area contributed by atoms with Crippen molar-refractivity contribution >= 4 is 0 Å². The van der Waals surface area contributed by atoms with E-state index in [1.165, 1.54) is 31.8 Å². The molecule has 0 spiro atoms. The van der Waals surface area contributed by atoms with Crippen LogP contribution < -0.4 is 0 Å². The second-order valence-electron chi connectivity index (χ2n) is 8.19. The highest BCUT2D eigenvalue weighted by molar-refractivity contribution is 5.08. The van der Waals surface area contributed by atoms with Gasteiger partial charge in [0.2, 0.25) is 0 Å². The van der Waals surface area contributed by atoms with Gasteiger partial charge >= 0.3 is 0 Å². The van der Waals surface area contributed by atoms with Gasteiger partial charge in [-0.2, -0.15) is 0 Å². The van der Waals surface area contributed by atoms with Crippen molar-refractivity contribution in [3.8, 4) is 0 Å². The molecule has 6 nitrogen and oxygen atoms in total. The van der Waals surface area contributed by atoms with Crippen molar-refractivity contribution in [2.45, 2.75) is 64.5 Å². The third kappa shape index (κ3) is 4.43.